The number of aromatic nitrogens is 4. The van der Waals surface area contributed by atoms with Gasteiger partial charge in [-0.2, -0.15) is 5.10 Å². The highest BCUT2D eigenvalue weighted by atomic mass is 28.3. The van der Waals surface area contributed by atoms with E-state index in [-0.39, 0.29) is 6.42 Å². The average Bonchev–Trinajstić information content (AvgIpc) is 3.17. The minimum atomic E-state index is -1.45. The Hall–Kier alpha value is -3.96. The van der Waals surface area contributed by atoms with Crippen molar-refractivity contribution in [3.63, 3.8) is 0 Å². The van der Waals surface area contributed by atoms with E-state index in [1.165, 1.54) is 0 Å². The van der Waals surface area contributed by atoms with Gasteiger partial charge in [0.2, 0.25) is 5.95 Å². The van der Waals surface area contributed by atoms with E-state index in [1.54, 1.807) is 23.1 Å². The molecule has 0 aliphatic rings. The maximum absolute atomic E-state index is 11.3. The first-order valence-electron chi connectivity index (χ1n) is 10.6. The van der Waals surface area contributed by atoms with E-state index < -0.39 is 14.0 Å². The van der Waals surface area contributed by atoms with Crippen LogP contribution >= 0.6 is 0 Å². The van der Waals surface area contributed by atoms with E-state index in [2.05, 4.69) is 51.5 Å². The summed E-state index contributed by atoms with van der Waals surface area (Å²) in [5, 5.41) is 17.6. The minimum Gasteiger partial charge on any atom is -0.481 e. The predicted molar refractivity (Wildman–Crippen MR) is 133 cm³/mol. The van der Waals surface area contributed by atoms with Gasteiger partial charge in [-0.1, -0.05) is 31.6 Å². The summed E-state index contributed by atoms with van der Waals surface area (Å²) in [7, 11) is 0.395. The fraction of sp³-hybridized carbons (Fsp3) is 0.200. The fourth-order valence-electron chi connectivity index (χ4n) is 3.34. The van der Waals surface area contributed by atoms with Crippen LogP contribution in [0.5, 0.6) is 0 Å². The number of anilines is 2. The van der Waals surface area contributed by atoms with Gasteiger partial charge in [0.05, 0.1) is 18.1 Å². The second-order valence-corrected chi connectivity index (χ2v) is 13.7. The van der Waals surface area contributed by atoms with Crippen LogP contribution in [0.2, 0.25) is 19.6 Å². The second-order valence-electron chi connectivity index (χ2n) is 8.98. The Kier molecular flexibility index (Phi) is 5.99. The van der Waals surface area contributed by atoms with Crippen molar-refractivity contribution >= 4 is 36.6 Å². The number of hydrogen-bond acceptors (Lipinski definition) is 5. The van der Waals surface area contributed by atoms with E-state index in [0.717, 1.165) is 27.6 Å². The topological polar surface area (TPSA) is 92.9 Å². The van der Waals surface area contributed by atoms with Crippen molar-refractivity contribution in [3.05, 3.63) is 66.1 Å². The third-order valence-corrected chi connectivity index (χ3v) is 5.68. The van der Waals surface area contributed by atoms with Crippen molar-refractivity contribution < 1.29 is 9.90 Å². The molecule has 0 saturated heterocycles. The van der Waals surface area contributed by atoms with E-state index >= 15 is 0 Å². The average molecular weight is 456 g/mol. The molecule has 0 aliphatic carbocycles. The van der Waals surface area contributed by atoms with Crippen LogP contribution in [0.3, 0.4) is 0 Å². The molecule has 33 heavy (non-hydrogen) atoms. The summed E-state index contributed by atoms with van der Waals surface area (Å²) >= 11 is 0. The van der Waals surface area contributed by atoms with Crippen LogP contribution in [0.4, 0.5) is 11.6 Å². The molecule has 0 bridgehead atoms. The molecular formula is C25H25N5O2Si. The van der Waals surface area contributed by atoms with Crippen LogP contribution < -0.4 is 5.32 Å². The lowest BCUT2D eigenvalue weighted by atomic mass is 10.0. The molecule has 8 heteroatoms. The summed E-state index contributed by atoms with van der Waals surface area (Å²) < 4.78 is 1.71. The Morgan fingerprint density at radius 3 is 2.64 bits per heavy atom. The predicted octanol–water partition coefficient (Wildman–Crippen LogP) is 4.63. The number of carboxylic acids is 1. The van der Waals surface area contributed by atoms with Gasteiger partial charge in [0.1, 0.15) is 8.07 Å². The zero-order valence-corrected chi connectivity index (χ0v) is 20.0. The Morgan fingerprint density at radius 1 is 1.12 bits per heavy atom. The first-order chi connectivity index (χ1) is 15.6. The quantitative estimate of drug-likeness (QED) is 0.337. The number of benzene rings is 2. The van der Waals surface area contributed by atoms with Gasteiger partial charge >= 0.3 is 5.97 Å². The van der Waals surface area contributed by atoms with Crippen molar-refractivity contribution in [2.75, 3.05) is 5.32 Å². The van der Waals surface area contributed by atoms with Gasteiger partial charge in [-0.3, -0.25) is 9.48 Å². The van der Waals surface area contributed by atoms with Gasteiger partial charge in [-0.15, -0.1) is 5.54 Å². The molecule has 4 aromatic rings. The lowest BCUT2D eigenvalue weighted by Gasteiger charge is -2.10. The Balaban J connectivity index is 1.65. The Bertz CT molecular complexity index is 1410. The molecule has 2 aromatic heterocycles. The van der Waals surface area contributed by atoms with E-state index in [1.807, 2.05) is 43.6 Å². The van der Waals surface area contributed by atoms with Gasteiger partial charge in [0, 0.05) is 41.6 Å². The highest BCUT2D eigenvalue weighted by molar-refractivity contribution is 6.83. The van der Waals surface area contributed by atoms with Gasteiger partial charge < -0.3 is 10.4 Å². The maximum Gasteiger partial charge on any atom is 0.307 e. The zero-order chi connectivity index (χ0) is 23.6. The normalized spacial score (nSPS) is 11.2. The summed E-state index contributed by atoms with van der Waals surface area (Å²) in [4.78, 5) is 20.4. The molecule has 0 spiro atoms. The number of rotatable bonds is 5. The molecule has 0 saturated carbocycles. The zero-order valence-electron chi connectivity index (χ0n) is 19.0. The summed E-state index contributed by atoms with van der Waals surface area (Å²) in [5.41, 5.74) is 8.30. The largest absolute Gasteiger partial charge is 0.481 e. The molecule has 0 fully saturated rings. The van der Waals surface area contributed by atoms with Crippen molar-refractivity contribution in [2.45, 2.75) is 26.1 Å². The molecular weight excluding hydrogens is 430 g/mol. The van der Waals surface area contributed by atoms with Crippen molar-refractivity contribution in [3.8, 4) is 22.6 Å². The molecule has 2 aromatic carbocycles. The number of aryl methyl sites for hydroxylation is 1. The molecule has 0 radical (unpaired) electrons. The monoisotopic (exact) mass is 455 g/mol. The lowest BCUT2D eigenvalue weighted by molar-refractivity contribution is -0.136. The molecule has 2 heterocycles. The molecule has 4 rings (SSSR count). The first-order valence-corrected chi connectivity index (χ1v) is 14.1. The molecule has 0 amide bonds. The maximum atomic E-state index is 11.3. The number of carbonyl (C=O) groups is 1. The lowest BCUT2D eigenvalue weighted by Crippen LogP contribution is -2.16. The van der Waals surface area contributed by atoms with Crippen molar-refractivity contribution in [2.24, 2.45) is 7.05 Å². The van der Waals surface area contributed by atoms with Crippen LogP contribution in [0, 0.1) is 11.5 Å². The molecule has 0 unspecified atom stereocenters. The number of fused-ring (bicyclic) bond motifs is 1. The Morgan fingerprint density at radius 2 is 1.94 bits per heavy atom. The third kappa shape index (κ3) is 5.84. The van der Waals surface area contributed by atoms with Crippen molar-refractivity contribution in [1.82, 2.24) is 19.7 Å². The molecule has 2 N–H and O–H groups in total. The van der Waals surface area contributed by atoms with Crippen LogP contribution in [0.15, 0.2) is 55.0 Å². The first kappa shape index (κ1) is 22.2. The van der Waals surface area contributed by atoms with Crippen molar-refractivity contribution in [1.29, 1.82) is 0 Å². The fourth-order valence-corrected chi connectivity index (χ4v) is 3.86. The number of hydrogen-bond donors (Lipinski definition) is 2. The molecule has 166 valence electrons. The van der Waals surface area contributed by atoms with Gasteiger partial charge in [0.15, 0.2) is 0 Å². The molecule has 0 atom stereocenters. The molecule has 0 aliphatic heterocycles. The Labute approximate surface area is 193 Å². The number of carboxylic acid groups (broad SMARTS) is 1. The van der Waals surface area contributed by atoms with Crippen LogP contribution in [-0.2, 0) is 18.3 Å². The van der Waals surface area contributed by atoms with Crippen LogP contribution in [0.25, 0.3) is 22.0 Å². The van der Waals surface area contributed by atoms with Crippen LogP contribution in [0.1, 0.15) is 11.1 Å². The van der Waals surface area contributed by atoms with Crippen LogP contribution in [-0.4, -0.2) is 38.9 Å². The standard InChI is InChI=1S/C25H25N5O2Si/c1-30-16-21(15-27-30)19-10-18(12-24(31)32)11-22(13-19)28-25-26-14-20-9-17(5-6-23(20)29-25)7-8-33(2,3)4/h5-6,9-11,13-16H,12H2,1-4H3,(H,31,32)(H,26,28,29). The summed E-state index contributed by atoms with van der Waals surface area (Å²) in [6.07, 6.45) is 5.33. The van der Waals surface area contributed by atoms with Gasteiger partial charge in [-0.05, 0) is 41.5 Å². The second kappa shape index (κ2) is 8.88. The highest BCUT2D eigenvalue weighted by Crippen LogP contribution is 2.27. The van der Waals surface area contributed by atoms with Gasteiger partial charge in [-0.25, -0.2) is 9.97 Å². The third-order valence-electron chi connectivity index (χ3n) is 4.80. The summed E-state index contributed by atoms with van der Waals surface area (Å²) in [6, 6.07) is 11.5. The highest BCUT2D eigenvalue weighted by Gasteiger charge is 2.10. The summed E-state index contributed by atoms with van der Waals surface area (Å²) in [6.45, 7) is 6.65. The van der Waals surface area contributed by atoms with E-state index in [0.29, 0.717) is 17.2 Å². The number of nitrogens with one attached hydrogen (secondary N) is 1. The molecule has 7 nitrogen and oxygen atoms in total. The minimum absolute atomic E-state index is 0.0808. The number of aliphatic carboxylic acids is 1. The van der Waals surface area contributed by atoms with E-state index in [9.17, 15) is 9.90 Å². The SMILES string of the molecule is Cn1cc(-c2cc(CC(=O)O)cc(Nc3ncc4cc(C#C[Si](C)(C)C)ccc4n3)c2)cn1. The number of nitrogens with zero attached hydrogens (tertiary/aromatic N) is 4. The summed E-state index contributed by atoms with van der Waals surface area (Å²) in [5.74, 6) is 2.81. The smallest absolute Gasteiger partial charge is 0.307 e. The van der Waals surface area contributed by atoms with Gasteiger partial charge in [0.25, 0.3) is 0 Å². The van der Waals surface area contributed by atoms with E-state index in [4.69, 9.17) is 0 Å².